The number of amides is 1. The molecular formula is C22H24ClN3O2S. The van der Waals surface area contributed by atoms with Crippen LogP contribution in [0.5, 0.6) is 0 Å². The molecule has 0 spiro atoms. The Bertz CT molecular complexity index is 1030. The summed E-state index contributed by atoms with van der Waals surface area (Å²) in [4.78, 5) is 22.3. The number of aromatic nitrogens is 1. The number of thiazole rings is 1. The first-order valence-electron chi connectivity index (χ1n) is 9.76. The first kappa shape index (κ1) is 20.3. The first-order chi connectivity index (χ1) is 14.0. The van der Waals surface area contributed by atoms with Gasteiger partial charge in [0.15, 0.2) is 5.13 Å². The molecule has 1 fully saturated rings. The van der Waals surface area contributed by atoms with Crippen LogP contribution in [0.2, 0.25) is 5.02 Å². The van der Waals surface area contributed by atoms with Crippen LogP contribution < -0.4 is 4.90 Å². The highest BCUT2D eigenvalue weighted by Crippen LogP contribution is 2.33. The highest BCUT2D eigenvalue weighted by atomic mass is 35.5. The third-order valence-electron chi connectivity index (χ3n) is 5.10. The number of rotatable bonds is 5. The summed E-state index contributed by atoms with van der Waals surface area (Å²) in [6, 6.07) is 11.3. The normalized spacial score (nSPS) is 15.0. The molecule has 0 N–H and O–H groups in total. The van der Waals surface area contributed by atoms with Gasteiger partial charge in [-0.15, -0.1) is 0 Å². The second-order valence-electron chi connectivity index (χ2n) is 7.35. The van der Waals surface area contributed by atoms with Crippen molar-refractivity contribution in [1.29, 1.82) is 0 Å². The number of fused-ring (bicyclic) bond motifs is 1. The predicted octanol–water partition coefficient (Wildman–Crippen LogP) is 4.55. The van der Waals surface area contributed by atoms with Crippen molar-refractivity contribution < 1.29 is 9.53 Å². The zero-order valence-electron chi connectivity index (χ0n) is 16.7. The maximum atomic E-state index is 13.4. The van der Waals surface area contributed by atoms with E-state index in [1.807, 2.05) is 6.07 Å². The van der Waals surface area contributed by atoms with Gasteiger partial charge < -0.3 is 4.74 Å². The molecule has 2 heterocycles. The number of anilines is 1. The second-order valence-corrected chi connectivity index (χ2v) is 8.76. The molecule has 0 saturated carbocycles. The quantitative estimate of drug-likeness (QED) is 0.597. The van der Waals surface area contributed by atoms with Gasteiger partial charge in [0.2, 0.25) is 0 Å². The van der Waals surface area contributed by atoms with E-state index in [2.05, 4.69) is 30.9 Å². The highest BCUT2D eigenvalue weighted by Gasteiger charge is 2.23. The number of aryl methyl sites for hydroxylation is 2. The molecule has 1 amide bonds. The van der Waals surface area contributed by atoms with Crippen LogP contribution in [0.4, 0.5) is 5.13 Å². The summed E-state index contributed by atoms with van der Waals surface area (Å²) >= 11 is 7.71. The second kappa shape index (κ2) is 8.79. The van der Waals surface area contributed by atoms with Gasteiger partial charge in [-0.25, -0.2) is 4.98 Å². The Morgan fingerprint density at radius 3 is 2.79 bits per heavy atom. The zero-order valence-corrected chi connectivity index (χ0v) is 18.2. The van der Waals surface area contributed by atoms with Crippen molar-refractivity contribution >= 4 is 44.2 Å². The molecule has 152 valence electrons. The first-order valence-corrected chi connectivity index (χ1v) is 11.0. The van der Waals surface area contributed by atoms with Crippen molar-refractivity contribution in [3.05, 3.63) is 58.1 Å². The van der Waals surface area contributed by atoms with Gasteiger partial charge >= 0.3 is 0 Å². The Hall–Kier alpha value is -1.99. The summed E-state index contributed by atoms with van der Waals surface area (Å²) in [5.74, 6) is -0.0748. The summed E-state index contributed by atoms with van der Waals surface area (Å²) in [5.41, 5.74) is 3.88. The largest absolute Gasteiger partial charge is 0.379 e. The smallest absolute Gasteiger partial charge is 0.260 e. The lowest BCUT2D eigenvalue weighted by molar-refractivity contribution is 0.0391. The maximum Gasteiger partial charge on any atom is 0.260 e. The third kappa shape index (κ3) is 4.61. The van der Waals surface area contributed by atoms with Crippen molar-refractivity contribution in [3.63, 3.8) is 0 Å². The van der Waals surface area contributed by atoms with Gasteiger partial charge in [-0.3, -0.25) is 14.6 Å². The molecular weight excluding hydrogens is 406 g/mol. The van der Waals surface area contributed by atoms with Crippen LogP contribution in [0.3, 0.4) is 0 Å². The minimum atomic E-state index is -0.0748. The summed E-state index contributed by atoms with van der Waals surface area (Å²) in [5, 5.41) is 1.28. The highest BCUT2D eigenvalue weighted by molar-refractivity contribution is 7.22. The van der Waals surface area contributed by atoms with E-state index >= 15 is 0 Å². The summed E-state index contributed by atoms with van der Waals surface area (Å²) < 4.78 is 6.56. The van der Waals surface area contributed by atoms with Crippen LogP contribution in [0, 0.1) is 13.8 Å². The minimum Gasteiger partial charge on any atom is -0.379 e. The summed E-state index contributed by atoms with van der Waals surface area (Å²) in [7, 11) is 0. The molecule has 0 atom stereocenters. The molecule has 4 rings (SSSR count). The van der Waals surface area contributed by atoms with Crippen molar-refractivity contribution in [2.45, 2.75) is 13.8 Å². The van der Waals surface area contributed by atoms with Crippen LogP contribution >= 0.6 is 22.9 Å². The van der Waals surface area contributed by atoms with Crippen molar-refractivity contribution in [2.24, 2.45) is 0 Å². The van der Waals surface area contributed by atoms with E-state index in [0.29, 0.717) is 17.1 Å². The number of hydrogen-bond acceptors (Lipinski definition) is 5. The fourth-order valence-electron chi connectivity index (χ4n) is 3.61. The molecule has 29 heavy (non-hydrogen) atoms. The maximum absolute atomic E-state index is 13.4. The number of benzene rings is 2. The lowest BCUT2D eigenvalue weighted by atomic mass is 10.1. The number of morpholine rings is 1. The molecule has 0 unspecified atom stereocenters. The number of nitrogens with zero attached hydrogens (tertiary/aromatic N) is 3. The molecule has 1 aliphatic rings. The lowest BCUT2D eigenvalue weighted by Gasteiger charge is -2.29. The fourth-order valence-corrected chi connectivity index (χ4v) is 4.84. The minimum absolute atomic E-state index is 0.0748. The van der Waals surface area contributed by atoms with E-state index in [0.717, 1.165) is 48.2 Å². The van der Waals surface area contributed by atoms with Gasteiger partial charge in [0, 0.05) is 36.8 Å². The van der Waals surface area contributed by atoms with E-state index < -0.39 is 0 Å². The molecule has 0 radical (unpaired) electrons. The Morgan fingerprint density at radius 2 is 2.03 bits per heavy atom. The van der Waals surface area contributed by atoms with Gasteiger partial charge in [-0.05, 0) is 49.2 Å². The average molecular weight is 430 g/mol. The Labute approximate surface area is 179 Å². The van der Waals surface area contributed by atoms with E-state index in [9.17, 15) is 4.79 Å². The molecule has 3 aromatic rings. The third-order valence-corrected chi connectivity index (χ3v) is 6.56. The Kier molecular flexibility index (Phi) is 6.15. The Morgan fingerprint density at radius 1 is 1.24 bits per heavy atom. The Balaban J connectivity index is 1.67. The monoisotopic (exact) mass is 429 g/mol. The van der Waals surface area contributed by atoms with Crippen LogP contribution in [-0.2, 0) is 4.74 Å². The SMILES string of the molecule is Cc1cc(C)c2sc(N(CCN3CCOCC3)C(=O)c3cccc(Cl)c3)nc2c1. The molecule has 0 aliphatic carbocycles. The van der Waals surface area contributed by atoms with Gasteiger partial charge in [-0.1, -0.05) is 35.1 Å². The van der Waals surface area contributed by atoms with E-state index in [-0.39, 0.29) is 5.91 Å². The van der Waals surface area contributed by atoms with Crippen LogP contribution in [0.15, 0.2) is 36.4 Å². The molecule has 1 aliphatic heterocycles. The number of halogens is 1. The number of ether oxygens (including phenoxy) is 1. The predicted molar refractivity (Wildman–Crippen MR) is 119 cm³/mol. The van der Waals surface area contributed by atoms with E-state index in [1.165, 1.54) is 11.1 Å². The molecule has 5 nitrogen and oxygen atoms in total. The summed E-state index contributed by atoms with van der Waals surface area (Å²) in [6.07, 6.45) is 0. The topological polar surface area (TPSA) is 45.7 Å². The van der Waals surface area contributed by atoms with Crippen LogP contribution in [0.25, 0.3) is 10.2 Å². The number of carbonyl (C=O) groups is 1. The molecule has 7 heteroatoms. The van der Waals surface area contributed by atoms with E-state index in [4.69, 9.17) is 21.3 Å². The van der Waals surface area contributed by atoms with Gasteiger partial charge in [0.1, 0.15) is 0 Å². The molecule has 0 bridgehead atoms. The number of carbonyl (C=O) groups excluding carboxylic acids is 1. The lowest BCUT2D eigenvalue weighted by Crippen LogP contribution is -2.43. The van der Waals surface area contributed by atoms with Crippen molar-refractivity contribution in [2.75, 3.05) is 44.3 Å². The van der Waals surface area contributed by atoms with E-state index in [1.54, 1.807) is 34.4 Å². The average Bonchev–Trinajstić information content (AvgIpc) is 3.13. The zero-order chi connectivity index (χ0) is 20.4. The summed E-state index contributed by atoms with van der Waals surface area (Å²) in [6.45, 7) is 8.76. The fraction of sp³-hybridized carbons (Fsp3) is 0.364. The van der Waals surface area contributed by atoms with Crippen LogP contribution in [-0.4, -0.2) is 55.2 Å². The molecule has 2 aromatic carbocycles. The number of hydrogen-bond donors (Lipinski definition) is 0. The van der Waals surface area contributed by atoms with Gasteiger partial charge in [0.05, 0.1) is 23.4 Å². The van der Waals surface area contributed by atoms with Gasteiger partial charge in [-0.2, -0.15) is 0 Å². The molecule has 1 saturated heterocycles. The standard InChI is InChI=1S/C22H24ClN3O2S/c1-15-12-16(2)20-19(13-15)24-22(29-20)26(7-6-25-8-10-28-11-9-25)21(27)17-4-3-5-18(23)14-17/h3-5,12-14H,6-11H2,1-2H3. The van der Waals surface area contributed by atoms with Crippen LogP contribution in [0.1, 0.15) is 21.5 Å². The van der Waals surface area contributed by atoms with Crippen molar-refractivity contribution in [1.82, 2.24) is 9.88 Å². The molecule has 1 aromatic heterocycles. The van der Waals surface area contributed by atoms with Gasteiger partial charge in [0.25, 0.3) is 5.91 Å². The van der Waals surface area contributed by atoms with Crippen molar-refractivity contribution in [3.8, 4) is 0 Å².